The number of nitrogens with zero attached hydrogens (tertiary/aromatic N) is 1. The fourth-order valence-electron chi connectivity index (χ4n) is 3.36. The minimum atomic E-state index is -1.31. The molecule has 6 nitrogen and oxygen atoms in total. The van der Waals surface area contributed by atoms with Crippen molar-refractivity contribution in [1.82, 2.24) is 4.90 Å². The van der Waals surface area contributed by atoms with E-state index in [0.717, 1.165) is 5.56 Å². The summed E-state index contributed by atoms with van der Waals surface area (Å²) in [6.45, 7) is 11.2. The lowest BCUT2D eigenvalue weighted by Gasteiger charge is -2.33. The molecule has 1 heterocycles. The summed E-state index contributed by atoms with van der Waals surface area (Å²) >= 11 is 0. The number of ether oxygens (including phenoxy) is 2. The molecule has 0 spiro atoms. The molecule has 0 bridgehead atoms. The van der Waals surface area contributed by atoms with Crippen LogP contribution in [0.1, 0.15) is 59.9 Å². The average Bonchev–Trinajstić information content (AvgIpc) is 2.73. The highest BCUT2D eigenvalue weighted by atomic mass is 16.6. The minimum absolute atomic E-state index is 0.0886. The van der Waals surface area contributed by atoms with E-state index in [1.54, 1.807) is 41.5 Å². The molecule has 0 saturated carbocycles. The smallest absolute Gasteiger partial charge is 0.410 e. The molecule has 1 aliphatic heterocycles. The van der Waals surface area contributed by atoms with Gasteiger partial charge in [-0.2, -0.15) is 0 Å². The molecule has 29 heavy (non-hydrogen) atoms. The Balaban J connectivity index is 2.32. The third kappa shape index (κ3) is 6.31. The van der Waals surface area contributed by atoms with Crippen LogP contribution in [0.25, 0.3) is 0 Å². The van der Waals surface area contributed by atoms with E-state index in [0.29, 0.717) is 0 Å². The van der Waals surface area contributed by atoms with E-state index in [2.05, 4.69) is 0 Å². The molecule has 1 amide bonds. The van der Waals surface area contributed by atoms with Crippen LogP contribution < -0.4 is 0 Å². The molecule has 1 atom stereocenters. The van der Waals surface area contributed by atoms with Gasteiger partial charge < -0.3 is 14.4 Å². The Bertz CT molecular complexity index is 745. The summed E-state index contributed by atoms with van der Waals surface area (Å²) < 4.78 is 11.1. The van der Waals surface area contributed by atoms with Crippen molar-refractivity contribution < 1.29 is 23.9 Å². The molecular formula is C23H33NO5. The van der Waals surface area contributed by atoms with Crippen LogP contribution in [0.3, 0.4) is 0 Å². The maximum Gasteiger partial charge on any atom is 0.410 e. The van der Waals surface area contributed by atoms with Crippen molar-refractivity contribution in [2.45, 2.75) is 72.0 Å². The number of ketones is 1. The molecule has 160 valence electrons. The van der Waals surface area contributed by atoms with Gasteiger partial charge in [-0.25, -0.2) is 4.79 Å². The molecular weight excluding hydrogens is 370 g/mol. The summed E-state index contributed by atoms with van der Waals surface area (Å²) in [5.41, 5.74) is -1.76. The maximum absolute atomic E-state index is 13.2. The Morgan fingerprint density at radius 1 is 0.966 bits per heavy atom. The molecule has 1 aromatic carbocycles. The van der Waals surface area contributed by atoms with Gasteiger partial charge in [0.1, 0.15) is 16.6 Å². The number of amides is 1. The van der Waals surface area contributed by atoms with E-state index in [9.17, 15) is 14.4 Å². The quantitative estimate of drug-likeness (QED) is 0.560. The number of hydrogen-bond donors (Lipinski definition) is 0. The third-order valence-corrected chi connectivity index (χ3v) is 4.74. The highest BCUT2D eigenvalue weighted by Gasteiger charge is 2.49. The molecule has 0 radical (unpaired) electrons. The lowest BCUT2D eigenvalue weighted by molar-refractivity contribution is -0.170. The first-order valence-electron chi connectivity index (χ1n) is 10.1. The maximum atomic E-state index is 13.2. The second-order valence-electron chi connectivity index (χ2n) is 9.64. The molecule has 6 heteroatoms. The van der Waals surface area contributed by atoms with Gasteiger partial charge in [0.2, 0.25) is 0 Å². The first-order chi connectivity index (χ1) is 13.3. The van der Waals surface area contributed by atoms with Crippen LogP contribution in [0.15, 0.2) is 30.3 Å². The molecule has 1 aliphatic rings. The van der Waals surface area contributed by atoms with Gasteiger partial charge in [-0.15, -0.1) is 0 Å². The molecule has 0 aromatic heterocycles. The molecule has 1 aromatic rings. The summed E-state index contributed by atoms with van der Waals surface area (Å²) in [5, 5.41) is 0. The molecule has 1 saturated heterocycles. The monoisotopic (exact) mass is 403 g/mol. The fourth-order valence-corrected chi connectivity index (χ4v) is 3.36. The Labute approximate surface area is 173 Å². The topological polar surface area (TPSA) is 72.9 Å². The SMILES string of the molecule is CC(C)(C)OC(=O)N1CCC(=O)C(Cc2ccccc2)(C(=O)OC(C)(C)C)CC1. The first-order valence-corrected chi connectivity index (χ1v) is 10.1. The van der Waals surface area contributed by atoms with Gasteiger partial charge in [0.15, 0.2) is 5.78 Å². The third-order valence-electron chi connectivity index (χ3n) is 4.74. The van der Waals surface area contributed by atoms with Crippen LogP contribution in [-0.2, 0) is 25.5 Å². The highest BCUT2D eigenvalue weighted by Crippen LogP contribution is 2.36. The van der Waals surface area contributed by atoms with Crippen molar-refractivity contribution in [3.8, 4) is 0 Å². The van der Waals surface area contributed by atoms with Gasteiger partial charge in [0.25, 0.3) is 0 Å². The van der Waals surface area contributed by atoms with Gasteiger partial charge in [-0.05, 0) is 59.9 Å². The second-order valence-corrected chi connectivity index (χ2v) is 9.64. The Morgan fingerprint density at radius 3 is 2.10 bits per heavy atom. The lowest BCUT2D eigenvalue weighted by atomic mass is 9.74. The van der Waals surface area contributed by atoms with Crippen LogP contribution in [0.4, 0.5) is 4.79 Å². The lowest BCUT2D eigenvalue weighted by Crippen LogP contribution is -2.45. The number of benzene rings is 1. The fraction of sp³-hybridized carbons (Fsp3) is 0.609. The van der Waals surface area contributed by atoms with E-state index in [1.807, 2.05) is 30.3 Å². The number of likely N-dealkylation sites (tertiary alicyclic amines) is 1. The van der Waals surface area contributed by atoms with Crippen molar-refractivity contribution in [1.29, 1.82) is 0 Å². The standard InChI is InChI=1S/C23H33NO5/c1-21(2,3)28-19(26)23(16-17-10-8-7-9-11-17)13-15-24(14-12-18(23)25)20(27)29-22(4,5)6/h7-11H,12-16H2,1-6H3. The zero-order chi connectivity index (χ0) is 21.9. The molecule has 0 aliphatic carbocycles. The van der Waals surface area contributed by atoms with Gasteiger partial charge in [0, 0.05) is 19.5 Å². The summed E-state index contributed by atoms with van der Waals surface area (Å²) in [6.07, 6.45) is 0.0780. The highest BCUT2D eigenvalue weighted by molar-refractivity contribution is 6.04. The van der Waals surface area contributed by atoms with Crippen LogP contribution in [0, 0.1) is 5.41 Å². The Kier molecular flexibility index (Phi) is 6.76. The van der Waals surface area contributed by atoms with E-state index in [-0.39, 0.29) is 38.1 Å². The molecule has 1 unspecified atom stereocenters. The summed E-state index contributed by atoms with van der Waals surface area (Å²) in [5.74, 6) is -0.716. The molecule has 1 fully saturated rings. The molecule has 0 N–H and O–H groups in total. The van der Waals surface area contributed by atoms with Crippen molar-refractivity contribution in [3.63, 3.8) is 0 Å². The average molecular weight is 404 g/mol. The number of hydrogen-bond acceptors (Lipinski definition) is 5. The minimum Gasteiger partial charge on any atom is -0.459 e. The predicted molar refractivity (Wildman–Crippen MR) is 110 cm³/mol. The number of Topliss-reactive ketones (excluding diaryl/α,β-unsaturated/α-hetero) is 1. The number of rotatable bonds is 3. The summed E-state index contributed by atoms with van der Waals surface area (Å²) in [7, 11) is 0. The van der Waals surface area contributed by atoms with Crippen LogP contribution in [0.2, 0.25) is 0 Å². The van der Waals surface area contributed by atoms with Crippen LogP contribution >= 0.6 is 0 Å². The molecule has 2 rings (SSSR count). The van der Waals surface area contributed by atoms with E-state index >= 15 is 0 Å². The van der Waals surface area contributed by atoms with Gasteiger partial charge >= 0.3 is 12.1 Å². The zero-order valence-electron chi connectivity index (χ0n) is 18.4. The van der Waals surface area contributed by atoms with Gasteiger partial charge in [0.05, 0.1) is 0 Å². The van der Waals surface area contributed by atoms with Gasteiger partial charge in [-0.3, -0.25) is 9.59 Å². The van der Waals surface area contributed by atoms with Crippen molar-refractivity contribution >= 4 is 17.8 Å². The van der Waals surface area contributed by atoms with E-state index < -0.39 is 28.7 Å². The van der Waals surface area contributed by atoms with E-state index in [1.165, 1.54) is 4.90 Å². The normalized spacial score (nSPS) is 20.8. The van der Waals surface area contributed by atoms with Gasteiger partial charge in [-0.1, -0.05) is 30.3 Å². The van der Waals surface area contributed by atoms with E-state index in [4.69, 9.17) is 9.47 Å². The number of carbonyl (C=O) groups is 3. The second kappa shape index (κ2) is 8.56. The predicted octanol–water partition coefficient (Wildman–Crippen LogP) is 4.16. The van der Waals surface area contributed by atoms with Crippen molar-refractivity contribution in [2.75, 3.05) is 13.1 Å². The van der Waals surface area contributed by atoms with Crippen LogP contribution in [0.5, 0.6) is 0 Å². The van der Waals surface area contributed by atoms with Crippen LogP contribution in [-0.4, -0.2) is 47.0 Å². The zero-order valence-corrected chi connectivity index (χ0v) is 18.4. The largest absolute Gasteiger partial charge is 0.459 e. The van der Waals surface area contributed by atoms with Crippen molar-refractivity contribution in [3.05, 3.63) is 35.9 Å². The first kappa shape index (κ1) is 22.9. The Morgan fingerprint density at radius 2 is 1.55 bits per heavy atom. The van der Waals surface area contributed by atoms with Crippen molar-refractivity contribution in [2.24, 2.45) is 5.41 Å². The Hall–Kier alpha value is -2.37. The number of carbonyl (C=O) groups excluding carboxylic acids is 3. The summed E-state index contributed by atoms with van der Waals surface area (Å²) in [6, 6.07) is 9.45. The number of esters is 1. The summed E-state index contributed by atoms with van der Waals surface area (Å²) in [4.78, 5) is 40.5.